The lowest BCUT2D eigenvalue weighted by molar-refractivity contribution is 1.26. The predicted molar refractivity (Wildman–Crippen MR) is 60.6 cm³/mol. The maximum absolute atomic E-state index is 8.73. The number of hydrogen-bond donors (Lipinski definition) is 0. The van der Waals surface area contributed by atoms with Crippen molar-refractivity contribution < 1.29 is 0 Å². The van der Waals surface area contributed by atoms with E-state index in [-0.39, 0.29) is 0 Å². The fraction of sp³-hybridized carbons (Fsp3) is 0.250. The van der Waals surface area contributed by atoms with Gasteiger partial charge >= 0.3 is 0 Å². The van der Waals surface area contributed by atoms with Gasteiger partial charge in [-0.05, 0) is 47.4 Å². The second kappa shape index (κ2) is 3.43. The molecule has 0 unspecified atom stereocenters. The molecule has 0 aliphatic rings. The molecule has 1 aromatic heterocycles. The fourth-order valence-electron chi connectivity index (χ4n) is 1.71. The summed E-state index contributed by atoms with van der Waals surface area (Å²) in [4.78, 5) is 0. The second-order valence-electron chi connectivity index (χ2n) is 3.48. The van der Waals surface area contributed by atoms with Crippen molar-refractivity contribution in [1.29, 1.82) is 5.26 Å². The van der Waals surface area contributed by atoms with Crippen molar-refractivity contribution in [3.8, 4) is 6.07 Å². The molecule has 0 aliphatic carbocycles. The molecule has 0 saturated heterocycles. The van der Waals surface area contributed by atoms with Gasteiger partial charge in [-0.25, -0.2) is 0 Å². The van der Waals surface area contributed by atoms with E-state index in [2.05, 4.69) is 37.4 Å². The van der Waals surface area contributed by atoms with Crippen LogP contribution in [0.1, 0.15) is 16.7 Å². The van der Waals surface area contributed by atoms with Crippen LogP contribution in [0.15, 0.2) is 17.5 Å². The Kier molecular flexibility index (Phi) is 2.26. The van der Waals surface area contributed by atoms with Crippen LogP contribution in [0.4, 0.5) is 0 Å². The topological polar surface area (TPSA) is 23.8 Å². The first kappa shape index (κ1) is 9.23. The lowest BCUT2D eigenvalue weighted by Crippen LogP contribution is -1.88. The number of rotatable bonds is 1. The molecular formula is C12H11NS. The number of hydrogen-bond acceptors (Lipinski definition) is 2. The maximum Gasteiger partial charge on any atom is 0.0669 e. The quantitative estimate of drug-likeness (QED) is 0.691. The molecule has 1 nitrogen and oxygen atoms in total. The number of benzene rings is 1. The third-order valence-electron chi connectivity index (χ3n) is 2.60. The number of nitrogens with zero attached hydrogens (tertiary/aromatic N) is 1. The Hall–Kier alpha value is -1.33. The van der Waals surface area contributed by atoms with Crippen LogP contribution in [0.25, 0.3) is 10.1 Å². The van der Waals surface area contributed by atoms with Crippen LogP contribution in [0, 0.1) is 25.2 Å². The molecule has 1 aromatic carbocycles. The first-order valence-corrected chi connectivity index (χ1v) is 5.45. The zero-order chi connectivity index (χ0) is 10.1. The molecule has 70 valence electrons. The lowest BCUT2D eigenvalue weighted by Gasteiger charge is -2.05. The highest BCUT2D eigenvalue weighted by molar-refractivity contribution is 7.17. The number of thiophene rings is 1. The van der Waals surface area contributed by atoms with Crippen LogP contribution in [-0.4, -0.2) is 0 Å². The van der Waals surface area contributed by atoms with E-state index in [0.717, 1.165) is 5.56 Å². The van der Waals surface area contributed by atoms with Gasteiger partial charge in [-0.1, -0.05) is 6.07 Å². The van der Waals surface area contributed by atoms with Crippen molar-refractivity contribution in [1.82, 2.24) is 0 Å². The van der Waals surface area contributed by atoms with Crippen molar-refractivity contribution >= 4 is 21.4 Å². The van der Waals surface area contributed by atoms with E-state index in [1.165, 1.54) is 21.2 Å². The van der Waals surface area contributed by atoms with Crippen molar-refractivity contribution in [3.63, 3.8) is 0 Å². The summed E-state index contributed by atoms with van der Waals surface area (Å²) >= 11 is 1.76. The number of aryl methyl sites for hydroxylation is 2. The summed E-state index contributed by atoms with van der Waals surface area (Å²) < 4.78 is 1.33. The normalized spacial score (nSPS) is 10.4. The molecule has 2 aromatic rings. The summed E-state index contributed by atoms with van der Waals surface area (Å²) in [5.41, 5.74) is 3.79. The zero-order valence-electron chi connectivity index (χ0n) is 8.29. The van der Waals surface area contributed by atoms with Gasteiger partial charge in [0.2, 0.25) is 0 Å². The molecule has 0 N–H and O–H groups in total. The van der Waals surface area contributed by atoms with Gasteiger partial charge in [0, 0.05) is 4.70 Å². The van der Waals surface area contributed by atoms with E-state index in [4.69, 9.17) is 5.26 Å². The third kappa shape index (κ3) is 1.30. The van der Waals surface area contributed by atoms with Gasteiger partial charge < -0.3 is 0 Å². The first-order chi connectivity index (χ1) is 6.74. The maximum atomic E-state index is 8.73. The molecule has 0 amide bonds. The minimum atomic E-state index is 0.508. The Morgan fingerprint density at radius 3 is 2.93 bits per heavy atom. The summed E-state index contributed by atoms with van der Waals surface area (Å²) in [6, 6.07) is 6.46. The lowest BCUT2D eigenvalue weighted by atomic mass is 10.0. The largest absolute Gasteiger partial charge is 0.198 e. The second-order valence-corrected chi connectivity index (χ2v) is 4.39. The van der Waals surface area contributed by atoms with Crippen LogP contribution in [0.5, 0.6) is 0 Å². The number of nitriles is 1. The third-order valence-corrected chi connectivity index (χ3v) is 3.64. The van der Waals surface area contributed by atoms with Crippen LogP contribution in [0.2, 0.25) is 0 Å². The summed E-state index contributed by atoms with van der Waals surface area (Å²) in [7, 11) is 0. The van der Waals surface area contributed by atoms with E-state index in [0.29, 0.717) is 6.42 Å². The van der Waals surface area contributed by atoms with Crippen molar-refractivity contribution in [3.05, 3.63) is 34.2 Å². The van der Waals surface area contributed by atoms with Gasteiger partial charge in [0.05, 0.1) is 12.5 Å². The molecule has 0 atom stereocenters. The van der Waals surface area contributed by atoms with Gasteiger partial charge in [0.25, 0.3) is 0 Å². The molecule has 0 spiro atoms. The molecular weight excluding hydrogens is 190 g/mol. The Balaban J connectivity index is 2.79. The van der Waals surface area contributed by atoms with E-state index < -0.39 is 0 Å². The van der Waals surface area contributed by atoms with Crippen LogP contribution >= 0.6 is 11.3 Å². The van der Waals surface area contributed by atoms with Gasteiger partial charge in [-0.15, -0.1) is 11.3 Å². The van der Waals surface area contributed by atoms with Crippen LogP contribution in [-0.2, 0) is 6.42 Å². The van der Waals surface area contributed by atoms with Gasteiger partial charge in [-0.3, -0.25) is 0 Å². The zero-order valence-corrected chi connectivity index (χ0v) is 9.11. The molecule has 0 bridgehead atoms. The molecule has 0 radical (unpaired) electrons. The Morgan fingerprint density at radius 2 is 2.21 bits per heavy atom. The molecule has 0 fully saturated rings. The van der Waals surface area contributed by atoms with Crippen LogP contribution < -0.4 is 0 Å². The van der Waals surface area contributed by atoms with E-state index in [1.807, 2.05) is 0 Å². The standard InChI is InChI=1S/C12H11NS/c1-8-7-10(3-5-13)11-4-6-14-12(11)9(8)2/h4,6-7H,3H2,1-2H3. The summed E-state index contributed by atoms with van der Waals surface area (Å²) in [5, 5.41) is 12.1. The Bertz CT molecular complexity index is 517. The molecule has 2 rings (SSSR count). The Labute approximate surface area is 87.6 Å². The average molecular weight is 201 g/mol. The summed E-state index contributed by atoms with van der Waals surface area (Å²) in [5.74, 6) is 0. The summed E-state index contributed by atoms with van der Waals surface area (Å²) in [6.45, 7) is 4.25. The smallest absolute Gasteiger partial charge is 0.0669 e. The van der Waals surface area contributed by atoms with E-state index in [9.17, 15) is 0 Å². The Morgan fingerprint density at radius 1 is 1.43 bits per heavy atom. The van der Waals surface area contributed by atoms with E-state index >= 15 is 0 Å². The van der Waals surface area contributed by atoms with Crippen LogP contribution in [0.3, 0.4) is 0 Å². The van der Waals surface area contributed by atoms with Crippen molar-refractivity contribution in [2.45, 2.75) is 20.3 Å². The molecule has 0 aliphatic heterocycles. The molecule has 1 heterocycles. The van der Waals surface area contributed by atoms with Crippen molar-refractivity contribution in [2.75, 3.05) is 0 Å². The first-order valence-electron chi connectivity index (χ1n) is 4.57. The predicted octanol–water partition coefficient (Wildman–Crippen LogP) is 3.58. The molecule has 14 heavy (non-hydrogen) atoms. The number of fused-ring (bicyclic) bond motifs is 1. The highest BCUT2D eigenvalue weighted by Crippen LogP contribution is 2.30. The SMILES string of the molecule is Cc1cc(CC#N)c2ccsc2c1C. The minimum absolute atomic E-state index is 0.508. The monoisotopic (exact) mass is 201 g/mol. The van der Waals surface area contributed by atoms with Crippen molar-refractivity contribution in [2.24, 2.45) is 0 Å². The van der Waals surface area contributed by atoms with Gasteiger partial charge in [-0.2, -0.15) is 5.26 Å². The van der Waals surface area contributed by atoms with Gasteiger partial charge in [0.1, 0.15) is 0 Å². The van der Waals surface area contributed by atoms with E-state index in [1.54, 1.807) is 11.3 Å². The van der Waals surface area contributed by atoms with Gasteiger partial charge in [0.15, 0.2) is 0 Å². The molecule has 2 heteroatoms. The molecule has 0 saturated carbocycles. The highest BCUT2D eigenvalue weighted by atomic mass is 32.1. The minimum Gasteiger partial charge on any atom is -0.198 e. The highest BCUT2D eigenvalue weighted by Gasteiger charge is 2.07. The average Bonchev–Trinajstić information content (AvgIpc) is 2.63. The fourth-order valence-corrected chi connectivity index (χ4v) is 2.71. The summed E-state index contributed by atoms with van der Waals surface area (Å²) in [6.07, 6.45) is 0.508.